The van der Waals surface area contributed by atoms with Gasteiger partial charge in [-0.05, 0) is 62.9 Å². The molecule has 0 saturated heterocycles. The number of hydrogen-bond donors (Lipinski definition) is 1. The maximum atomic E-state index is 3.67. The number of thiophene rings is 1. The Morgan fingerprint density at radius 1 is 1.35 bits per heavy atom. The summed E-state index contributed by atoms with van der Waals surface area (Å²) in [6, 6.07) is 2.74. The van der Waals surface area contributed by atoms with Gasteiger partial charge in [-0.3, -0.25) is 0 Å². The molecule has 1 atom stereocenters. The lowest BCUT2D eigenvalue weighted by atomic mass is 9.84. The smallest absolute Gasteiger partial charge is 0.0758 e. The molecule has 2 rings (SSSR count). The third kappa shape index (κ3) is 3.79. The minimum Gasteiger partial charge on any atom is -0.313 e. The lowest BCUT2D eigenvalue weighted by Gasteiger charge is -2.26. The molecule has 4 heteroatoms. The Kier molecular flexibility index (Phi) is 5.52. The topological polar surface area (TPSA) is 12.0 Å². The molecule has 0 spiro atoms. The fourth-order valence-electron chi connectivity index (χ4n) is 2.75. The van der Waals surface area contributed by atoms with E-state index in [2.05, 4.69) is 50.3 Å². The lowest BCUT2D eigenvalue weighted by Crippen LogP contribution is -2.21. The highest BCUT2D eigenvalue weighted by Gasteiger charge is 2.21. The number of halogens is 2. The van der Waals surface area contributed by atoms with Gasteiger partial charge in [0.25, 0.3) is 0 Å². The van der Waals surface area contributed by atoms with E-state index in [4.69, 9.17) is 0 Å². The van der Waals surface area contributed by atoms with E-state index in [1.807, 2.05) is 0 Å². The zero-order chi connectivity index (χ0) is 12.3. The van der Waals surface area contributed by atoms with Gasteiger partial charge < -0.3 is 5.32 Å². The summed E-state index contributed by atoms with van der Waals surface area (Å²) in [6.07, 6.45) is 8.40. The highest BCUT2D eigenvalue weighted by atomic mass is 79.9. The van der Waals surface area contributed by atoms with E-state index in [0.29, 0.717) is 6.04 Å². The Morgan fingerprint density at radius 3 is 2.59 bits per heavy atom. The van der Waals surface area contributed by atoms with Crippen LogP contribution in [0.25, 0.3) is 0 Å². The van der Waals surface area contributed by atoms with Crippen LogP contribution in [-0.2, 0) is 0 Å². The van der Waals surface area contributed by atoms with Crippen molar-refractivity contribution in [3.8, 4) is 0 Å². The first kappa shape index (κ1) is 14.0. The predicted molar refractivity (Wildman–Crippen MR) is 82.7 cm³/mol. The van der Waals surface area contributed by atoms with E-state index < -0.39 is 0 Å². The number of rotatable bonds is 4. The van der Waals surface area contributed by atoms with Gasteiger partial charge in [-0.1, -0.05) is 32.1 Å². The van der Waals surface area contributed by atoms with Gasteiger partial charge in [0, 0.05) is 6.04 Å². The SMILES string of the molecule is CNC(CC1CCCCC1)c1cc(Br)sc1Br. The van der Waals surface area contributed by atoms with Crippen molar-refractivity contribution in [1.82, 2.24) is 5.32 Å². The quantitative estimate of drug-likeness (QED) is 0.726. The third-order valence-electron chi connectivity index (χ3n) is 3.70. The molecule has 1 aliphatic carbocycles. The molecule has 1 nitrogen and oxygen atoms in total. The Bertz CT molecular complexity index is 358. The van der Waals surface area contributed by atoms with Gasteiger partial charge in [0.15, 0.2) is 0 Å². The molecule has 1 N–H and O–H groups in total. The zero-order valence-corrected chi connectivity index (χ0v) is 14.1. The van der Waals surface area contributed by atoms with Crippen molar-refractivity contribution in [2.75, 3.05) is 7.05 Å². The maximum Gasteiger partial charge on any atom is 0.0758 e. The zero-order valence-electron chi connectivity index (χ0n) is 10.1. The third-order valence-corrected chi connectivity index (χ3v) is 6.09. The largest absolute Gasteiger partial charge is 0.313 e. The molecule has 0 aliphatic heterocycles. The summed E-state index contributed by atoms with van der Waals surface area (Å²) in [5.74, 6) is 0.909. The molecule has 0 amide bonds. The lowest BCUT2D eigenvalue weighted by molar-refractivity contribution is 0.305. The van der Waals surface area contributed by atoms with Gasteiger partial charge in [0.2, 0.25) is 0 Å². The second kappa shape index (κ2) is 6.69. The summed E-state index contributed by atoms with van der Waals surface area (Å²) in [4.78, 5) is 0. The Balaban J connectivity index is 2.02. The van der Waals surface area contributed by atoms with E-state index in [-0.39, 0.29) is 0 Å². The van der Waals surface area contributed by atoms with Crippen LogP contribution in [0.15, 0.2) is 13.6 Å². The van der Waals surface area contributed by atoms with Crippen LogP contribution in [-0.4, -0.2) is 7.05 Å². The molecular formula is C13H19Br2NS. The summed E-state index contributed by atoms with van der Waals surface area (Å²) in [5, 5.41) is 3.48. The van der Waals surface area contributed by atoms with Crippen molar-refractivity contribution in [3.05, 3.63) is 19.2 Å². The molecule has 1 aromatic rings. The molecule has 17 heavy (non-hydrogen) atoms. The van der Waals surface area contributed by atoms with Crippen LogP contribution in [0.3, 0.4) is 0 Å². The Labute approximate surface area is 125 Å². The van der Waals surface area contributed by atoms with Crippen molar-refractivity contribution >= 4 is 43.2 Å². The Morgan fingerprint density at radius 2 is 2.06 bits per heavy atom. The molecule has 0 aromatic carbocycles. The fraction of sp³-hybridized carbons (Fsp3) is 0.692. The van der Waals surface area contributed by atoms with Gasteiger partial charge in [-0.2, -0.15) is 0 Å². The van der Waals surface area contributed by atoms with Crippen LogP contribution in [0.2, 0.25) is 0 Å². The maximum absolute atomic E-state index is 3.67. The summed E-state index contributed by atoms with van der Waals surface area (Å²) in [7, 11) is 2.07. The highest BCUT2D eigenvalue weighted by molar-refractivity contribution is 9.12. The van der Waals surface area contributed by atoms with Crippen LogP contribution in [0.4, 0.5) is 0 Å². The second-order valence-electron chi connectivity index (χ2n) is 4.86. The average molecular weight is 381 g/mol. The van der Waals surface area contributed by atoms with Gasteiger partial charge in [0.1, 0.15) is 0 Å². The minimum atomic E-state index is 0.495. The first-order chi connectivity index (χ1) is 8.20. The predicted octanol–water partition coefficient (Wildman–Crippen LogP) is 5.50. The summed E-state index contributed by atoms with van der Waals surface area (Å²) in [6.45, 7) is 0. The average Bonchev–Trinajstić information content (AvgIpc) is 2.67. The molecule has 1 fully saturated rings. The van der Waals surface area contributed by atoms with Gasteiger partial charge in [0.05, 0.1) is 7.57 Å². The highest BCUT2D eigenvalue weighted by Crippen LogP contribution is 2.39. The van der Waals surface area contributed by atoms with E-state index >= 15 is 0 Å². The summed E-state index contributed by atoms with van der Waals surface area (Å²) >= 11 is 9.01. The van der Waals surface area contributed by atoms with E-state index in [1.165, 1.54) is 51.7 Å². The molecular weight excluding hydrogens is 362 g/mol. The van der Waals surface area contributed by atoms with Crippen molar-refractivity contribution in [2.45, 2.75) is 44.6 Å². The van der Waals surface area contributed by atoms with Crippen LogP contribution >= 0.6 is 43.2 Å². The van der Waals surface area contributed by atoms with Crippen LogP contribution in [0, 0.1) is 5.92 Å². The molecule has 1 aliphatic rings. The van der Waals surface area contributed by atoms with Gasteiger partial charge >= 0.3 is 0 Å². The fourth-order valence-corrected chi connectivity index (χ4v) is 5.72. The van der Waals surface area contributed by atoms with Gasteiger partial charge in [-0.25, -0.2) is 0 Å². The molecule has 1 saturated carbocycles. The second-order valence-corrected chi connectivity index (χ2v) is 8.61. The normalized spacial score (nSPS) is 19.5. The molecule has 0 radical (unpaired) electrons. The number of nitrogens with one attached hydrogen (secondary N) is 1. The van der Waals surface area contributed by atoms with Crippen molar-refractivity contribution < 1.29 is 0 Å². The van der Waals surface area contributed by atoms with E-state index in [1.54, 1.807) is 11.3 Å². The molecule has 1 heterocycles. The molecule has 1 aromatic heterocycles. The summed E-state index contributed by atoms with van der Waals surface area (Å²) < 4.78 is 2.47. The van der Waals surface area contributed by atoms with Crippen LogP contribution in [0.5, 0.6) is 0 Å². The van der Waals surface area contributed by atoms with Crippen molar-refractivity contribution in [1.29, 1.82) is 0 Å². The van der Waals surface area contributed by atoms with E-state index in [0.717, 1.165) is 5.92 Å². The summed E-state index contributed by atoms with van der Waals surface area (Å²) in [5.41, 5.74) is 1.41. The van der Waals surface area contributed by atoms with Crippen LogP contribution < -0.4 is 5.32 Å². The van der Waals surface area contributed by atoms with Crippen molar-refractivity contribution in [3.63, 3.8) is 0 Å². The molecule has 0 bridgehead atoms. The molecule has 1 unspecified atom stereocenters. The van der Waals surface area contributed by atoms with Crippen molar-refractivity contribution in [2.24, 2.45) is 5.92 Å². The first-order valence-corrected chi connectivity index (χ1v) is 8.73. The number of hydrogen-bond acceptors (Lipinski definition) is 2. The van der Waals surface area contributed by atoms with E-state index in [9.17, 15) is 0 Å². The standard InChI is InChI=1S/C13H19Br2NS/c1-16-11(7-9-5-3-2-4-6-9)10-8-12(14)17-13(10)15/h8-9,11,16H,2-7H2,1H3. The first-order valence-electron chi connectivity index (χ1n) is 6.32. The van der Waals surface area contributed by atoms with Crippen LogP contribution in [0.1, 0.15) is 50.1 Å². The van der Waals surface area contributed by atoms with Gasteiger partial charge in [-0.15, -0.1) is 11.3 Å². The Hall–Kier alpha value is 0.620. The minimum absolute atomic E-state index is 0.495. The molecule has 96 valence electrons. The monoisotopic (exact) mass is 379 g/mol.